The highest BCUT2D eigenvalue weighted by Crippen LogP contribution is 2.28. The van der Waals surface area contributed by atoms with Crippen LogP contribution in [-0.4, -0.2) is 11.9 Å². The molecule has 0 heterocycles. The predicted molar refractivity (Wildman–Crippen MR) is 66.0 cm³/mol. The molecule has 15 heavy (non-hydrogen) atoms. The molecule has 6 N–H and O–H groups in total. The van der Waals surface area contributed by atoms with Crippen LogP contribution in [0, 0.1) is 6.92 Å². The third-order valence-electron chi connectivity index (χ3n) is 1.65. The molecule has 0 spiro atoms. The molecular formula is C9H12BrN5. The Morgan fingerprint density at radius 1 is 1.27 bits per heavy atom. The molecule has 0 amide bonds. The number of benzene rings is 1. The average Bonchev–Trinajstić information content (AvgIpc) is 2.11. The number of hydrogen-bond donors (Lipinski definition) is 3. The molecule has 0 aromatic heterocycles. The van der Waals surface area contributed by atoms with Crippen molar-refractivity contribution in [1.29, 1.82) is 0 Å². The van der Waals surface area contributed by atoms with E-state index >= 15 is 0 Å². The van der Waals surface area contributed by atoms with Crippen LogP contribution in [0.3, 0.4) is 0 Å². The molecule has 80 valence electrons. The summed E-state index contributed by atoms with van der Waals surface area (Å²) in [5.74, 6) is -0.0821. The Kier molecular flexibility index (Phi) is 3.68. The highest BCUT2D eigenvalue weighted by Gasteiger charge is 2.01. The van der Waals surface area contributed by atoms with E-state index in [-0.39, 0.29) is 11.9 Å². The summed E-state index contributed by atoms with van der Waals surface area (Å²) in [4.78, 5) is 7.68. The Hall–Kier alpha value is -1.56. The molecule has 6 heteroatoms. The van der Waals surface area contributed by atoms with Crippen LogP contribution in [0.2, 0.25) is 0 Å². The van der Waals surface area contributed by atoms with Crippen LogP contribution >= 0.6 is 15.9 Å². The molecule has 0 aliphatic heterocycles. The minimum atomic E-state index is -0.111. The second-order valence-corrected chi connectivity index (χ2v) is 3.71. The quantitative estimate of drug-likeness (QED) is 0.523. The maximum atomic E-state index is 5.51. The number of hydrogen-bond acceptors (Lipinski definition) is 1. The van der Waals surface area contributed by atoms with Gasteiger partial charge in [-0.05, 0) is 34.5 Å². The second-order valence-electron chi connectivity index (χ2n) is 2.91. The number of nitrogens with zero attached hydrogens (tertiary/aromatic N) is 2. The highest BCUT2D eigenvalue weighted by atomic mass is 79.9. The van der Waals surface area contributed by atoms with Crippen molar-refractivity contribution in [2.24, 2.45) is 27.2 Å². The molecule has 0 atom stereocenters. The van der Waals surface area contributed by atoms with Gasteiger partial charge in [-0.15, -0.1) is 0 Å². The highest BCUT2D eigenvalue weighted by molar-refractivity contribution is 9.10. The van der Waals surface area contributed by atoms with Crippen LogP contribution in [0.25, 0.3) is 0 Å². The molecule has 0 fully saturated rings. The number of nitrogens with two attached hydrogens (primary N) is 3. The fraction of sp³-hybridized carbons (Fsp3) is 0.111. The summed E-state index contributed by atoms with van der Waals surface area (Å²) in [7, 11) is 0. The van der Waals surface area contributed by atoms with E-state index in [1.807, 2.05) is 25.1 Å². The molecule has 0 saturated carbocycles. The summed E-state index contributed by atoms with van der Waals surface area (Å²) in [5, 5.41) is 0. The van der Waals surface area contributed by atoms with Gasteiger partial charge in [-0.3, -0.25) is 0 Å². The fourth-order valence-corrected chi connectivity index (χ4v) is 1.35. The van der Waals surface area contributed by atoms with E-state index in [9.17, 15) is 0 Å². The Balaban J connectivity index is 3.09. The summed E-state index contributed by atoms with van der Waals surface area (Å²) in [5.41, 5.74) is 17.6. The van der Waals surface area contributed by atoms with Crippen molar-refractivity contribution < 1.29 is 0 Å². The van der Waals surface area contributed by atoms with Gasteiger partial charge in [-0.2, -0.15) is 4.99 Å². The zero-order valence-corrected chi connectivity index (χ0v) is 9.82. The van der Waals surface area contributed by atoms with Crippen molar-refractivity contribution in [1.82, 2.24) is 0 Å². The smallest absolute Gasteiger partial charge is 0.223 e. The lowest BCUT2D eigenvalue weighted by Gasteiger charge is -2.01. The minimum Gasteiger partial charge on any atom is -0.370 e. The third-order valence-corrected chi connectivity index (χ3v) is 2.68. The molecule has 1 aromatic carbocycles. The van der Waals surface area contributed by atoms with Gasteiger partial charge < -0.3 is 17.2 Å². The van der Waals surface area contributed by atoms with Crippen LogP contribution in [0.15, 0.2) is 32.7 Å². The molecule has 0 aliphatic carbocycles. The largest absolute Gasteiger partial charge is 0.370 e. The molecule has 0 bridgehead atoms. The second kappa shape index (κ2) is 4.79. The van der Waals surface area contributed by atoms with Crippen molar-refractivity contribution in [2.75, 3.05) is 0 Å². The van der Waals surface area contributed by atoms with Gasteiger partial charge in [-0.1, -0.05) is 12.1 Å². The van der Waals surface area contributed by atoms with E-state index < -0.39 is 0 Å². The van der Waals surface area contributed by atoms with Gasteiger partial charge in [-0.25, -0.2) is 4.99 Å². The Morgan fingerprint density at radius 2 is 1.93 bits per heavy atom. The molecule has 0 aliphatic rings. The fourth-order valence-electron chi connectivity index (χ4n) is 0.999. The summed E-state index contributed by atoms with van der Waals surface area (Å²) >= 11 is 3.40. The van der Waals surface area contributed by atoms with Gasteiger partial charge in [0.25, 0.3) is 0 Å². The van der Waals surface area contributed by atoms with Gasteiger partial charge in [0.05, 0.1) is 5.69 Å². The van der Waals surface area contributed by atoms with E-state index in [0.717, 1.165) is 10.0 Å². The van der Waals surface area contributed by atoms with Gasteiger partial charge >= 0.3 is 0 Å². The van der Waals surface area contributed by atoms with Gasteiger partial charge in [0.2, 0.25) is 5.96 Å². The number of aryl methyl sites for hydroxylation is 1. The van der Waals surface area contributed by atoms with E-state index in [1.54, 1.807) is 0 Å². The first-order valence-electron chi connectivity index (χ1n) is 4.19. The van der Waals surface area contributed by atoms with Crippen LogP contribution in [0.4, 0.5) is 5.69 Å². The molecule has 0 radical (unpaired) electrons. The summed E-state index contributed by atoms with van der Waals surface area (Å²) < 4.78 is 0.874. The van der Waals surface area contributed by atoms with Crippen molar-refractivity contribution in [3.8, 4) is 0 Å². The first-order chi connectivity index (χ1) is 7.00. The summed E-state index contributed by atoms with van der Waals surface area (Å²) in [6.07, 6.45) is 0. The average molecular weight is 270 g/mol. The lowest BCUT2D eigenvalue weighted by atomic mass is 10.2. The van der Waals surface area contributed by atoms with Crippen LogP contribution in [0.5, 0.6) is 0 Å². The Morgan fingerprint density at radius 3 is 2.53 bits per heavy atom. The van der Waals surface area contributed by atoms with E-state index in [1.165, 1.54) is 0 Å². The van der Waals surface area contributed by atoms with Crippen LogP contribution < -0.4 is 17.2 Å². The summed E-state index contributed by atoms with van der Waals surface area (Å²) in [6, 6.07) is 5.65. The lowest BCUT2D eigenvalue weighted by Crippen LogP contribution is -2.26. The third kappa shape index (κ3) is 3.25. The number of aliphatic imine (C=N–C) groups is 2. The zero-order chi connectivity index (χ0) is 11.4. The number of rotatable bonds is 1. The van der Waals surface area contributed by atoms with Crippen LogP contribution in [0.1, 0.15) is 5.56 Å². The molecule has 5 nitrogen and oxygen atoms in total. The van der Waals surface area contributed by atoms with Crippen molar-refractivity contribution >= 4 is 33.5 Å². The predicted octanol–water partition coefficient (Wildman–Crippen LogP) is 0.977. The molecule has 1 aromatic rings. The maximum Gasteiger partial charge on any atom is 0.223 e. The van der Waals surface area contributed by atoms with Crippen molar-refractivity contribution in [2.45, 2.75) is 6.92 Å². The molecule has 0 unspecified atom stereocenters. The number of guanidine groups is 2. The minimum absolute atomic E-state index is 0.0290. The SMILES string of the molecule is Cc1cccc(N=C(N)N=C(N)N)c1Br. The lowest BCUT2D eigenvalue weighted by molar-refractivity contribution is 1.34. The molecule has 1 rings (SSSR count). The normalized spacial score (nSPS) is 11.2. The Bertz CT molecular complexity index is 421. The first kappa shape index (κ1) is 11.5. The maximum absolute atomic E-state index is 5.51. The monoisotopic (exact) mass is 269 g/mol. The van der Waals surface area contributed by atoms with E-state index in [2.05, 4.69) is 25.9 Å². The first-order valence-corrected chi connectivity index (χ1v) is 4.99. The molecular weight excluding hydrogens is 258 g/mol. The number of halogens is 1. The zero-order valence-electron chi connectivity index (χ0n) is 8.24. The van der Waals surface area contributed by atoms with Gasteiger partial charge in [0.15, 0.2) is 5.96 Å². The van der Waals surface area contributed by atoms with Crippen molar-refractivity contribution in [3.05, 3.63) is 28.2 Å². The standard InChI is InChI=1S/C9H12BrN5/c1-5-3-2-4-6(7(5)10)14-9(13)15-8(11)12/h2-4H,1H3,(H6,11,12,13,14,15). The van der Waals surface area contributed by atoms with E-state index in [4.69, 9.17) is 17.2 Å². The molecule has 0 saturated heterocycles. The van der Waals surface area contributed by atoms with Crippen LogP contribution in [-0.2, 0) is 0 Å². The van der Waals surface area contributed by atoms with Crippen molar-refractivity contribution in [3.63, 3.8) is 0 Å². The van der Waals surface area contributed by atoms with Gasteiger partial charge in [0, 0.05) is 4.47 Å². The van der Waals surface area contributed by atoms with Gasteiger partial charge in [0.1, 0.15) is 0 Å². The Labute approximate surface area is 96.2 Å². The topological polar surface area (TPSA) is 103 Å². The summed E-state index contributed by atoms with van der Waals surface area (Å²) in [6.45, 7) is 1.96. The van der Waals surface area contributed by atoms with E-state index in [0.29, 0.717) is 5.69 Å².